The van der Waals surface area contributed by atoms with Crippen molar-refractivity contribution in [2.24, 2.45) is 7.05 Å². The largest absolute Gasteiger partial charge is 0.383 e. The molecule has 1 rings (SSSR count). The van der Waals surface area contributed by atoms with Crippen molar-refractivity contribution in [3.63, 3.8) is 0 Å². The molecule has 3 nitrogen and oxygen atoms in total. The van der Waals surface area contributed by atoms with Gasteiger partial charge >= 0.3 is 0 Å². The molecule has 0 radical (unpaired) electrons. The molecular formula is C9H16N2O. The molecule has 0 fully saturated rings. The summed E-state index contributed by atoms with van der Waals surface area (Å²) in [5.74, 6) is 0.720. The van der Waals surface area contributed by atoms with Crippen LogP contribution in [0.4, 0.5) is 0 Å². The van der Waals surface area contributed by atoms with Crippen LogP contribution in [0.3, 0.4) is 0 Å². The first-order valence-corrected chi connectivity index (χ1v) is 4.07. The van der Waals surface area contributed by atoms with Gasteiger partial charge in [0.05, 0.1) is 5.69 Å². The van der Waals surface area contributed by atoms with E-state index < -0.39 is 5.60 Å². The van der Waals surface area contributed by atoms with Crippen LogP contribution in [0.1, 0.15) is 31.1 Å². The molecule has 0 atom stereocenters. The molecule has 3 heteroatoms. The molecular weight excluding hydrogens is 152 g/mol. The lowest BCUT2D eigenvalue weighted by Crippen LogP contribution is -2.21. The SMILES string of the molecule is Cc1nc(C(C)(C)O)n(C)c1C. The summed E-state index contributed by atoms with van der Waals surface area (Å²) >= 11 is 0. The number of hydrogen-bond donors (Lipinski definition) is 1. The van der Waals surface area contributed by atoms with E-state index in [-0.39, 0.29) is 0 Å². The summed E-state index contributed by atoms with van der Waals surface area (Å²) < 4.78 is 1.93. The van der Waals surface area contributed by atoms with Gasteiger partial charge in [-0.05, 0) is 27.7 Å². The fourth-order valence-corrected chi connectivity index (χ4v) is 1.26. The number of aromatic nitrogens is 2. The molecule has 1 aromatic heterocycles. The molecule has 12 heavy (non-hydrogen) atoms. The third-order valence-electron chi connectivity index (χ3n) is 2.17. The average Bonchev–Trinajstić information content (AvgIpc) is 2.15. The van der Waals surface area contributed by atoms with Crippen molar-refractivity contribution in [3.05, 3.63) is 17.2 Å². The Hall–Kier alpha value is -0.830. The lowest BCUT2D eigenvalue weighted by molar-refractivity contribution is 0.0656. The van der Waals surface area contributed by atoms with Gasteiger partial charge in [0.2, 0.25) is 0 Å². The minimum absolute atomic E-state index is 0.720. The second-order valence-corrected chi connectivity index (χ2v) is 3.72. The third kappa shape index (κ3) is 1.37. The summed E-state index contributed by atoms with van der Waals surface area (Å²) in [5, 5.41) is 9.72. The number of rotatable bonds is 1. The minimum atomic E-state index is -0.853. The Balaban J connectivity index is 3.28. The van der Waals surface area contributed by atoms with Gasteiger partial charge in [-0.15, -0.1) is 0 Å². The highest BCUT2D eigenvalue weighted by atomic mass is 16.3. The van der Waals surface area contributed by atoms with Crippen molar-refractivity contribution >= 4 is 0 Å². The van der Waals surface area contributed by atoms with Crippen molar-refractivity contribution in [3.8, 4) is 0 Å². The molecule has 0 aromatic carbocycles. The molecule has 1 N–H and O–H groups in total. The van der Waals surface area contributed by atoms with Crippen LogP contribution in [0.2, 0.25) is 0 Å². The normalized spacial score (nSPS) is 12.2. The fourth-order valence-electron chi connectivity index (χ4n) is 1.26. The van der Waals surface area contributed by atoms with E-state index in [9.17, 15) is 5.11 Å². The first-order chi connectivity index (χ1) is 5.34. The molecule has 68 valence electrons. The molecule has 0 saturated carbocycles. The van der Waals surface area contributed by atoms with Gasteiger partial charge in [0, 0.05) is 12.7 Å². The molecule has 0 saturated heterocycles. The Bertz CT molecular complexity index is 294. The molecule has 0 spiro atoms. The summed E-state index contributed by atoms with van der Waals surface area (Å²) in [6.07, 6.45) is 0. The molecule has 0 aliphatic heterocycles. The van der Waals surface area contributed by atoms with E-state index in [0.717, 1.165) is 17.2 Å². The van der Waals surface area contributed by atoms with Gasteiger partial charge in [-0.3, -0.25) is 0 Å². The second-order valence-electron chi connectivity index (χ2n) is 3.72. The smallest absolute Gasteiger partial charge is 0.140 e. The van der Waals surface area contributed by atoms with Crippen molar-refractivity contribution in [1.29, 1.82) is 0 Å². The van der Waals surface area contributed by atoms with E-state index in [1.54, 1.807) is 13.8 Å². The summed E-state index contributed by atoms with van der Waals surface area (Å²) in [4.78, 5) is 4.29. The van der Waals surface area contributed by atoms with E-state index in [0.29, 0.717) is 0 Å². The first kappa shape index (κ1) is 9.26. The molecule has 0 amide bonds. The zero-order valence-electron chi connectivity index (χ0n) is 8.34. The minimum Gasteiger partial charge on any atom is -0.383 e. The topological polar surface area (TPSA) is 38.1 Å². The van der Waals surface area contributed by atoms with E-state index in [2.05, 4.69) is 4.98 Å². The van der Waals surface area contributed by atoms with Gasteiger partial charge in [0.25, 0.3) is 0 Å². The van der Waals surface area contributed by atoms with E-state index >= 15 is 0 Å². The fraction of sp³-hybridized carbons (Fsp3) is 0.667. The van der Waals surface area contributed by atoms with E-state index in [4.69, 9.17) is 0 Å². The number of hydrogen-bond acceptors (Lipinski definition) is 2. The van der Waals surface area contributed by atoms with Crippen molar-refractivity contribution in [2.45, 2.75) is 33.3 Å². The highest BCUT2D eigenvalue weighted by molar-refractivity contribution is 5.16. The van der Waals surface area contributed by atoms with Crippen LogP contribution in [0.25, 0.3) is 0 Å². The Morgan fingerprint density at radius 3 is 2.00 bits per heavy atom. The predicted molar refractivity (Wildman–Crippen MR) is 47.9 cm³/mol. The van der Waals surface area contributed by atoms with Crippen molar-refractivity contribution in [2.75, 3.05) is 0 Å². The van der Waals surface area contributed by atoms with Gasteiger partial charge in [-0.1, -0.05) is 0 Å². The zero-order valence-corrected chi connectivity index (χ0v) is 8.34. The monoisotopic (exact) mass is 168 g/mol. The van der Waals surface area contributed by atoms with Gasteiger partial charge in [-0.25, -0.2) is 4.98 Å². The first-order valence-electron chi connectivity index (χ1n) is 4.07. The summed E-state index contributed by atoms with van der Waals surface area (Å²) in [5.41, 5.74) is 1.23. The predicted octanol–water partition coefficient (Wildman–Crippen LogP) is 1.26. The average molecular weight is 168 g/mol. The van der Waals surface area contributed by atoms with E-state index in [1.807, 2.05) is 25.5 Å². The number of imidazole rings is 1. The molecule has 1 heterocycles. The maximum absolute atomic E-state index is 9.72. The van der Waals surface area contributed by atoms with Crippen molar-refractivity contribution < 1.29 is 5.11 Å². The Kier molecular flexibility index (Phi) is 2.00. The summed E-state index contributed by atoms with van der Waals surface area (Å²) in [6.45, 7) is 7.44. The summed E-state index contributed by atoms with van der Waals surface area (Å²) in [6, 6.07) is 0. The molecule has 1 aromatic rings. The maximum Gasteiger partial charge on any atom is 0.140 e. The van der Waals surface area contributed by atoms with Crippen LogP contribution in [0.15, 0.2) is 0 Å². The second kappa shape index (κ2) is 2.59. The Labute approximate surface area is 73.1 Å². The van der Waals surface area contributed by atoms with Gasteiger partial charge in [0.1, 0.15) is 11.4 Å². The molecule has 0 bridgehead atoms. The zero-order chi connectivity index (χ0) is 9.52. The van der Waals surface area contributed by atoms with Crippen LogP contribution >= 0.6 is 0 Å². The van der Waals surface area contributed by atoms with Crippen LogP contribution in [-0.2, 0) is 12.6 Å². The lowest BCUT2D eigenvalue weighted by atomic mass is 10.1. The van der Waals surface area contributed by atoms with Crippen LogP contribution in [0.5, 0.6) is 0 Å². The summed E-state index contributed by atoms with van der Waals surface area (Å²) in [7, 11) is 1.92. The van der Waals surface area contributed by atoms with Gasteiger partial charge in [-0.2, -0.15) is 0 Å². The number of nitrogens with zero attached hydrogens (tertiary/aromatic N) is 2. The standard InChI is InChI=1S/C9H16N2O/c1-6-7(2)11(5)8(10-6)9(3,4)12/h12H,1-5H3. The van der Waals surface area contributed by atoms with Gasteiger partial charge < -0.3 is 9.67 Å². The highest BCUT2D eigenvalue weighted by Crippen LogP contribution is 2.20. The Morgan fingerprint density at radius 1 is 1.33 bits per heavy atom. The number of aryl methyl sites for hydroxylation is 1. The molecule has 0 aliphatic rings. The van der Waals surface area contributed by atoms with Crippen LogP contribution < -0.4 is 0 Å². The highest BCUT2D eigenvalue weighted by Gasteiger charge is 2.23. The molecule has 0 unspecified atom stereocenters. The maximum atomic E-state index is 9.72. The third-order valence-corrected chi connectivity index (χ3v) is 2.17. The quantitative estimate of drug-likeness (QED) is 0.685. The molecule has 0 aliphatic carbocycles. The van der Waals surface area contributed by atoms with Crippen LogP contribution in [-0.4, -0.2) is 14.7 Å². The lowest BCUT2D eigenvalue weighted by Gasteiger charge is -2.16. The number of aliphatic hydroxyl groups is 1. The Morgan fingerprint density at radius 2 is 1.83 bits per heavy atom. The van der Waals surface area contributed by atoms with Gasteiger partial charge in [0.15, 0.2) is 0 Å². The van der Waals surface area contributed by atoms with E-state index in [1.165, 1.54) is 0 Å². The van der Waals surface area contributed by atoms with Crippen LogP contribution in [0, 0.1) is 13.8 Å². The van der Waals surface area contributed by atoms with Crippen molar-refractivity contribution in [1.82, 2.24) is 9.55 Å².